The lowest BCUT2D eigenvalue weighted by molar-refractivity contribution is 0.0576. The van der Waals surface area contributed by atoms with E-state index >= 15 is 0 Å². The van der Waals surface area contributed by atoms with E-state index in [2.05, 4.69) is 9.88 Å². The number of aromatic nitrogens is 2. The quantitative estimate of drug-likeness (QED) is 0.804. The zero-order valence-electron chi connectivity index (χ0n) is 10.9. The number of nitrogens with zero attached hydrogens (tertiary/aromatic N) is 3. The standard InChI is InChI=1S/C13H17N3O2S/c1-15(7-10-3-2-5-18-9-10)12-11(8-17)16-4-6-19-13(16)14-12/h4,6,8,10H,2-3,5,7,9H2,1H3. The molecular formula is C13H17N3O2S. The van der Waals surface area contributed by atoms with Crippen molar-refractivity contribution in [1.29, 1.82) is 0 Å². The Morgan fingerprint density at radius 3 is 3.32 bits per heavy atom. The van der Waals surface area contributed by atoms with Crippen molar-refractivity contribution < 1.29 is 9.53 Å². The fourth-order valence-corrected chi connectivity index (χ4v) is 3.32. The Bertz CT molecular complexity index is 571. The van der Waals surface area contributed by atoms with Crippen molar-refractivity contribution >= 4 is 28.4 Å². The van der Waals surface area contributed by atoms with Crippen LogP contribution in [0.1, 0.15) is 23.3 Å². The Morgan fingerprint density at radius 1 is 1.68 bits per heavy atom. The average molecular weight is 279 g/mol. The summed E-state index contributed by atoms with van der Waals surface area (Å²) in [6.07, 6.45) is 5.08. The molecule has 0 saturated carbocycles. The molecular weight excluding hydrogens is 262 g/mol. The zero-order valence-corrected chi connectivity index (χ0v) is 11.7. The highest BCUT2D eigenvalue weighted by Gasteiger charge is 2.20. The number of carbonyl (C=O) groups is 1. The lowest BCUT2D eigenvalue weighted by atomic mass is 10.0. The van der Waals surface area contributed by atoms with Crippen LogP contribution < -0.4 is 4.90 Å². The smallest absolute Gasteiger partial charge is 0.196 e. The van der Waals surface area contributed by atoms with E-state index in [9.17, 15) is 4.79 Å². The van der Waals surface area contributed by atoms with Crippen LogP contribution in [0.3, 0.4) is 0 Å². The third-order valence-electron chi connectivity index (χ3n) is 3.54. The first kappa shape index (κ1) is 12.6. The van der Waals surface area contributed by atoms with Gasteiger partial charge in [-0.1, -0.05) is 0 Å². The van der Waals surface area contributed by atoms with Gasteiger partial charge < -0.3 is 9.64 Å². The van der Waals surface area contributed by atoms with Crippen LogP contribution in [0.5, 0.6) is 0 Å². The van der Waals surface area contributed by atoms with Crippen LogP contribution in [0.15, 0.2) is 11.6 Å². The third-order valence-corrected chi connectivity index (χ3v) is 4.30. The first-order valence-electron chi connectivity index (χ1n) is 6.49. The third kappa shape index (κ3) is 2.37. The van der Waals surface area contributed by atoms with Gasteiger partial charge in [0.25, 0.3) is 0 Å². The molecule has 0 N–H and O–H groups in total. The van der Waals surface area contributed by atoms with E-state index in [4.69, 9.17) is 4.74 Å². The second-order valence-corrected chi connectivity index (χ2v) is 5.83. The molecule has 102 valence electrons. The molecule has 0 aromatic carbocycles. The second kappa shape index (κ2) is 5.30. The van der Waals surface area contributed by atoms with Crippen LogP contribution in [0.4, 0.5) is 5.82 Å². The van der Waals surface area contributed by atoms with E-state index in [-0.39, 0.29) is 0 Å². The number of hydrogen-bond acceptors (Lipinski definition) is 5. The summed E-state index contributed by atoms with van der Waals surface area (Å²) in [5.41, 5.74) is 0.635. The number of hydrogen-bond donors (Lipinski definition) is 0. The molecule has 1 unspecified atom stereocenters. The van der Waals surface area contributed by atoms with Gasteiger partial charge >= 0.3 is 0 Å². The van der Waals surface area contributed by atoms with Crippen LogP contribution in [-0.2, 0) is 4.74 Å². The number of anilines is 1. The molecule has 0 radical (unpaired) electrons. The van der Waals surface area contributed by atoms with Crippen LogP contribution in [0, 0.1) is 5.92 Å². The van der Waals surface area contributed by atoms with Crippen molar-refractivity contribution in [2.24, 2.45) is 5.92 Å². The molecule has 3 rings (SSSR count). The van der Waals surface area contributed by atoms with Gasteiger partial charge in [0.1, 0.15) is 5.69 Å². The van der Waals surface area contributed by atoms with Gasteiger partial charge in [-0.3, -0.25) is 9.20 Å². The second-order valence-electron chi connectivity index (χ2n) is 4.96. The van der Waals surface area contributed by atoms with Crippen molar-refractivity contribution in [2.45, 2.75) is 12.8 Å². The summed E-state index contributed by atoms with van der Waals surface area (Å²) < 4.78 is 7.35. The van der Waals surface area contributed by atoms with E-state index in [1.165, 1.54) is 6.42 Å². The number of ether oxygens (including phenoxy) is 1. The average Bonchev–Trinajstić information content (AvgIpc) is 2.99. The maximum atomic E-state index is 11.3. The summed E-state index contributed by atoms with van der Waals surface area (Å²) in [4.78, 5) is 18.8. The maximum Gasteiger partial charge on any atom is 0.196 e. The fraction of sp³-hybridized carbons (Fsp3) is 0.538. The van der Waals surface area contributed by atoms with Gasteiger partial charge in [0.15, 0.2) is 17.1 Å². The Balaban J connectivity index is 1.81. The Morgan fingerprint density at radius 2 is 2.58 bits per heavy atom. The molecule has 0 amide bonds. The summed E-state index contributed by atoms with van der Waals surface area (Å²) in [7, 11) is 1.99. The minimum Gasteiger partial charge on any atom is -0.381 e. The van der Waals surface area contributed by atoms with Crippen molar-refractivity contribution in [3.05, 3.63) is 17.3 Å². The molecule has 2 aromatic heterocycles. The van der Waals surface area contributed by atoms with E-state index in [1.54, 1.807) is 11.3 Å². The fourth-order valence-electron chi connectivity index (χ4n) is 2.61. The number of fused-ring (bicyclic) bond motifs is 1. The molecule has 1 atom stereocenters. The van der Waals surface area contributed by atoms with Gasteiger partial charge in [-0.25, -0.2) is 4.98 Å². The molecule has 2 aromatic rings. The van der Waals surface area contributed by atoms with Gasteiger partial charge in [0.2, 0.25) is 0 Å². The SMILES string of the molecule is CN(CC1CCCOC1)c1nc2sccn2c1C=O. The Labute approximate surface area is 115 Å². The van der Waals surface area contributed by atoms with Crippen LogP contribution in [0.25, 0.3) is 4.96 Å². The van der Waals surface area contributed by atoms with Crippen LogP contribution >= 0.6 is 11.3 Å². The molecule has 1 saturated heterocycles. The summed E-state index contributed by atoms with van der Waals surface area (Å²) in [6, 6.07) is 0. The van der Waals surface area contributed by atoms with Gasteiger partial charge in [-0.2, -0.15) is 0 Å². The molecule has 0 bridgehead atoms. The largest absolute Gasteiger partial charge is 0.381 e. The van der Waals surface area contributed by atoms with E-state index < -0.39 is 0 Å². The van der Waals surface area contributed by atoms with Gasteiger partial charge in [0, 0.05) is 31.8 Å². The van der Waals surface area contributed by atoms with Crippen molar-refractivity contribution in [3.8, 4) is 0 Å². The maximum absolute atomic E-state index is 11.3. The lowest BCUT2D eigenvalue weighted by Gasteiger charge is -2.27. The molecule has 0 aliphatic carbocycles. The summed E-state index contributed by atoms with van der Waals surface area (Å²) in [6.45, 7) is 2.56. The van der Waals surface area contributed by atoms with Crippen molar-refractivity contribution in [1.82, 2.24) is 9.38 Å². The summed E-state index contributed by atoms with van der Waals surface area (Å²) >= 11 is 1.54. The summed E-state index contributed by atoms with van der Waals surface area (Å²) in [5.74, 6) is 1.30. The predicted molar refractivity (Wildman–Crippen MR) is 75.3 cm³/mol. The first-order chi connectivity index (χ1) is 9.29. The highest BCUT2D eigenvalue weighted by atomic mass is 32.1. The minimum atomic E-state index is 0.526. The van der Waals surface area contributed by atoms with Crippen molar-refractivity contribution in [3.63, 3.8) is 0 Å². The first-order valence-corrected chi connectivity index (χ1v) is 7.37. The molecule has 6 heteroatoms. The number of aldehydes is 1. The molecule has 0 spiro atoms. The van der Waals surface area contributed by atoms with Gasteiger partial charge in [-0.05, 0) is 18.8 Å². The van der Waals surface area contributed by atoms with E-state index in [0.717, 1.165) is 43.2 Å². The molecule has 1 aliphatic heterocycles. The predicted octanol–water partition coefficient (Wildman–Crippen LogP) is 2.07. The Hall–Kier alpha value is -1.40. The molecule has 1 aliphatic rings. The number of rotatable bonds is 4. The molecule has 5 nitrogen and oxygen atoms in total. The topological polar surface area (TPSA) is 46.8 Å². The van der Waals surface area contributed by atoms with Crippen LogP contribution in [-0.4, -0.2) is 42.5 Å². The number of imidazole rings is 1. The summed E-state index contributed by atoms with van der Waals surface area (Å²) in [5, 5.41) is 1.94. The number of thiazole rings is 1. The van der Waals surface area contributed by atoms with E-state index in [0.29, 0.717) is 11.6 Å². The molecule has 19 heavy (non-hydrogen) atoms. The monoisotopic (exact) mass is 279 g/mol. The zero-order chi connectivity index (χ0) is 13.2. The highest BCUT2D eigenvalue weighted by Crippen LogP contribution is 2.24. The molecule has 1 fully saturated rings. The normalized spacial score (nSPS) is 19.7. The number of carbonyl (C=O) groups excluding carboxylic acids is 1. The van der Waals surface area contributed by atoms with Gasteiger partial charge in [0.05, 0.1) is 6.61 Å². The molecule has 3 heterocycles. The van der Waals surface area contributed by atoms with Gasteiger partial charge in [-0.15, -0.1) is 11.3 Å². The highest BCUT2D eigenvalue weighted by molar-refractivity contribution is 7.15. The lowest BCUT2D eigenvalue weighted by Crippen LogP contribution is -2.31. The Kier molecular flexibility index (Phi) is 3.52. The minimum absolute atomic E-state index is 0.526. The van der Waals surface area contributed by atoms with Crippen molar-refractivity contribution in [2.75, 3.05) is 31.7 Å². The van der Waals surface area contributed by atoms with Crippen LogP contribution in [0.2, 0.25) is 0 Å². The van der Waals surface area contributed by atoms with E-state index in [1.807, 2.05) is 23.0 Å².